The molecule has 0 amide bonds. The fourth-order valence-corrected chi connectivity index (χ4v) is 3.28. The standard InChI is InChI=1S/C15H24N4S/c1-5-12(16)9-14-11(2)17-19(4)15(14)18(3)10-13-7-6-8-20-13/h6-8,12H,5,9-10,16H2,1-4H3. The van der Waals surface area contributed by atoms with Crippen molar-refractivity contribution in [2.45, 2.75) is 39.3 Å². The van der Waals surface area contributed by atoms with Crippen LogP contribution in [0.1, 0.15) is 29.5 Å². The molecule has 0 fully saturated rings. The molecule has 1 unspecified atom stereocenters. The lowest BCUT2D eigenvalue weighted by Crippen LogP contribution is -2.25. The molecule has 0 saturated carbocycles. The van der Waals surface area contributed by atoms with Gasteiger partial charge in [-0.2, -0.15) is 5.10 Å². The second-order valence-electron chi connectivity index (χ2n) is 5.32. The summed E-state index contributed by atoms with van der Waals surface area (Å²) < 4.78 is 1.97. The Morgan fingerprint density at radius 1 is 1.50 bits per heavy atom. The predicted octanol–water partition coefficient (Wildman–Crippen LogP) is 2.71. The summed E-state index contributed by atoms with van der Waals surface area (Å²) in [6.07, 6.45) is 1.88. The lowest BCUT2D eigenvalue weighted by molar-refractivity contribution is 0.642. The van der Waals surface area contributed by atoms with Gasteiger partial charge in [0.1, 0.15) is 5.82 Å². The zero-order chi connectivity index (χ0) is 14.7. The predicted molar refractivity (Wildman–Crippen MR) is 86.3 cm³/mol. The number of hydrogen-bond acceptors (Lipinski definition) is 4. The SMILES string of the molecule is CCC(N)Cc1c(C)nn(C)c1N(C)Cc1cccs1. The molecule has 2 aromatic rings. The van der Waals surface area contributed by atoms with Gasteiger partial charge in [-0.05, 0) is 31.2 Å². The van der Waals surface area contributed by atoms with Gasteiger partial charge in [0.2, 0.25) is 0 Å². The Morgan fingerprint density at radius 2 is 2.25 bits per heavy atom. The van der Waals surface area contributed by atoms with Gasteiger partial charge in [0.25, 0.3) is 0 Å². The maximum atomic E-state index is 6.13. The third kappa shape index (κ3) is 3.22. The quantitative estimate of drug-likeness (QED) is 0.890. The molecule has 0 aromatic carbocycles. The van der Waals surface area contributed by atoms with Gasteiger partial charge in [-0.15, -0.1) is 11.3 Å². The maximum absolute atomic E-state index is 6.13. The van der Waals surface area contributed by atoms with E-state index in [0.717, 1.165) is 25.1 Å². The summed E-state index contributed by atoms with van der Waals surface area (Å²) in [5.74, 6) is 1.18. The lowest BCUT2D eigenvalue weighted by Gasteiger charge is -2.21. The van der Waals surface area contributed by atoms with E-state index >= 15 is 0 Å². The van der Waals surface area contributed by atoms with Crippen LogP contribution in [0.25, 0.3) is 0 Å². The summed E-state index contributed by atoms with van der Waals surface area (Å²) in [7, 11) is 4.13. The van der Waals surface area contributed by atoms with Crippen molar-refractivity contribution in [1.29, 1.82) is 0 Å². The van der Waals surface area contributed by atoms with Crippen LogP contribution in [0.5, 0.6) is 0 Å². The van der Waals surface area contributed by atoms with Gasteiger partial charge in [0, 0.05) is 30.6 Å². The van der Waals surface area contributed by atoms with Crippen LogP contribution in [0.3, 0.4) is 0 Å². The van der Waals surface area contributed by atoms with Crippen LogP contribution in [0, 0.1) is 6.92 Å². The monoisotopic (exact) mass is 292 g/mol. The Balaban J connectivity index is 2.25. The Kier molecular flexibility index (Phi) is 4.83. The molecule has 2 heterocycles. The van der Waals surface area contributed by atoms with E-state index in [0.29, 0.717) is 0 Å². The molecule has 0 spiro atoms. The third-order valence-electron chi connectivity index (χ3n) is 3.64. The summed E-state index contributed by atoms with van der Waals surface area (Å²) in [6.45, 7) is 5.11. The molecule has 0 aliphatic rings. The molecule has 0 bridgehead atoms. The number of aromatic nitrogens is 2. The Labute approximate surface area is 125 Å². The Bertz CT molecular complexity index is 544. The van der Waals surface area contributed by atoms with Crippen LogP contribution in [0.4, 0.5) is 5.82 Å². The smallest absolute Gasteiger partial charge is 0.130 e. The largest absolute Gasteiger partial charge is 0.355 e. The number of rotatable bonds is 6. The van der Waals surface area contributed by atoms with Crippen molar-refractivity contribution in [3.05, 3.63) is 33.6 Å². The van der Waals surface area contributed by atoms with Gasteiger partial charge in [0.05, 0.1) is 12.2 Å². The number of nitrogens with two attached hydrogens (primary N) is 1. The van der Waals surface area contributed by atoms with Gasteiger partial charge >= 0.3 is 0 Å². The molecule has 5 heteroatoms. The molecule has 1 atom stereocenters. The van der Waals surface area contributed by atoms with Crippen molar-refractivity contribution in [3.8, 4) is 0 Å². The average molecular weight is 292 g/mol. The summed E-state index contributed by atoms with van der Waals surface area (Å²) >= 11 is 1.79. The minimum atomic E-state index is 0.201. The molecule has 2 N–H and O–H groups in total. The molecule has 0 radical (unpaired) electrons. The molecule has 110 valence electrons. The van der Waals surface area contributed by atoms with E-state index in [2.05, 4.69) is 48.4 Å². The molecule has 2 aromatic heterocycles. The molecule has 0 saturated heterocycles. The van der Waals surface area contributed by atoms with Gasteiger partial charge < -0.3 is 10.6 Å². The van der Waals surface area contributed by atoms with E-state index in [-0.39, 0.29) is 6.04 Å². The summed E-state index contributed by atoms with van der Waals surface area (Å²) in [5, 5.41) is 6.69. The molecule has 20 heavy (non-hydrogen) atoms. The highest BCUT2D eigenvalue weighted by Gasteiger charge is 2.19. The van der Waals surface area contributed by atoms with Gasteiger partial charge in [-0.1, -0.05) is 13.0 Å². The number of hydrogen-bond donors (Lipinski definition) is 1. The molecule has 0 aliphatic heterocycles. The third-order valence-corrected chi connectivity index (χ3v) is 4.50. The second kappa shape index (κ2) is 6.41. The van der Waals surface area contributed by atoms with Crippen LogP contribution < -0.4 is 10.6 Å². The minimum Gasteiger partial charge on any atom is -0.355 e. The van der Waals surface area contributed by atoms with E-state index in [1.807, 2.05) is 11.7 Å². The fraction of sp³-hybridized carbons (Fsp3) is 0.533. The number of nitrogens with zero attached hydrogens (tertiary/aromatic N) is 3. The van der Waals surface area contributed by atoms with E-state index in [1.165, 1.54) is 16.3 Å². The first-order valence-electron chi connectivity index (χ1n) is 7.04. The van der Waals surface area contributed by atoms with Gasteiger partial charge in [-0.25, -0.2) is 0 Å². The van der Waals surface area contributed by atoms with E-state index in [4.69, 9.17) is 5.73 Å². The second-order valence-corrected chi connectivity index (χ2v) is 6.35. The molecular formula is C15H24N4S. The summed E-state index contributed by atoms with van der Waals surface area (Å²) in [5.41, 5.74) is 8.50. The van der Waals surface area contributed by atoms with Crippen LogP contribution in [-0.2, 0) is 20.0 Å². The zero-order valence-corrected chi connectivity index (χ0v) is 13.6. The molecule has 2 rings (SSSR count). The van der Waals surface area contributed by atoms with E-state index in [1.54, 1.807) is 11.3 Å². The van der Waals surface area contributed by atoms with Crippen LogP contribution in [-0.4, -0.2) is 22.9 Å². The Morgan fingerprint density at radius 3 is 2.85 bits per heavy atom. The lowest BCUT2D eigenvalue weighted by atomic mass is 10.0. The van der Waals surface area contributed by atoms with Crippen molar-refractivity contribution in [2.75, 3.05) is 11.9 Å². The van der Waals surface area contributed by atoms with Crippen LogP contribution in [0.2, 0.25) is 0 Å². The maximum Gasteiger partial charge on any atom is 0.130 e. The first kappa shape index (κ1) is 15.1. The van der Waals surface area contributed by atoms with Crippen LogP contribution in [0.15, 0.2) is 17.5 Å². The highest BCUT2D eigenvalue weighted by Crippen LogP contribution is 2.26. The highest BCUT2D eigenvalue weighted by molar-refractivity contribution is 7.09. The fourth-order valence-electron chi connectivity index (χ4n) is 2.52. The Hall–Kier alpha value is -1.33. The minimum absolute atomic E-state index is 0.201. The van der Waals surface area contributed by atoms with Crippen molar-refractivity contribution in [2.24, 2.45) is 12.8 Å². The van der Waals surface area contributed by atoms with Gasteiger partial charge in [0.15, 0.2) is 0 Å². The summed E-state index contributed by atoms with van der Waals surface area (Å²) in [6, 6.07) is 4.46. The van der Waals surface area contributed by atoms with Crippen molar-refractivity contribution in [3.63, 3.8) is 0 Å². The van der Waals surface area contributed by atoms with E-state index < -0.39 is 0 Å². The van der Waals surface area contributed by atoms with E-state index in [9.17, 15) is 0 Å². The number of anilines is 1. The summed E-state index contributed by atoms with van der Waals surface area (Å²) in [4.78, 5) is 3.63. The van der Waals surface area contributed by atoms with Crippen molar-refractivity contribution >= 4 is 17.2 Å². The molecular weight excluding hydrogens is 268 g/mol. The van der Waals surface area contributed by atoms with Gasteiger partial charge in [-0.3, -0.25) is 4.68 Å². The topological polar surface area (TPSA) is 47.1 Å². The first-order chi connectivity index (χ1) is 9.52. The van der Waals surface area contributed by atoms with Crippen molar-refractivity contribution in [1.82, 2.24) is 9.78 Å². The van der Waals surface area contributed by atoms with Crippen LogP contribution >= 0.6 is 11.3 Å². The molecule has 0 aliphatic carbocycles. The number of thiophene rings is 1. The average Bonchev–Trinajstić information content (AvgIpc) is 2.98. The number of aryl methyl sites for hydroxylation is 2. The highest BCUT2D eigenvalue weighted by atomic mass is 32.1. The first-order valence-corrected chi connectivity index (χ1v) is 7.92. The zero-order valence-electron chi connectivity index (χ0n) is 12.8. The normalized spacial score (nSPS) is 12.7. The van der Waals surface area contributed by atoms with Crippen molar-refractivity contribution < 1.29 is 0 Å². The molecule has 4 nitrogen and oxygen atoms in total.